The van der Waals surface area contributed by atoms with Crippen LogP contribution in [0.1, 0.15) is 23.3 Å². The fourth-order valence-electron chi connectivity index (χ4n) is 2.60. The largest absolute Gasteiger partial charge is 0.351 e. The smallest absolute Gasteiger partial charge is 0.317 e. The first-order valence-corrected chi connectivity index (χ1v) is 8.59. The maximum atomic E-state index is 12.6. The molecule has 3 rings (SSSR count). The average molecular weight is 345 g/mol. The van der Waals surface area contributed by atoms with Crippen molar-refractivity contribution in [1.29, 1.82) is 0 Å². The van der Waals surface area contributed by atoms with E-state index in [0.717, 1.165) is 31.5 Å². The molecule has 0 unspecified atom stereocenters. The fourth-order valence-corrected chi connectivity index (χ4v) is 3.57. The van der Waals surface area contributed by atoms with Crippen molar-refractivity contribution in [1.82, 2.24) is 15.6 Å². The molecular weight excluding hydrogens is 326 g/mol. The molecule has 126 valence electrons. The van der Waals surface area contributed by atoms with Gasteiger partial charge in [0, 0.05) is 18.2 Å². The zero-order valence-electron chi connectivity index (χ0n) is 13.0. The summed E-state index contributed by atoms with van der Waals surface area (Å²) in [5.41, 5.74) is 6.29. The molecule has 1 aliphatic rings. The summed E-state index contributed by atoms with van der Waals surface area (Å²) in [4.78, 5) is 28.2. The number of hydrogen-bond donors (Lipinski definition) is 4. The van der Waals surface area contributed by atoms with Gasteiger partial charge in [0.2, 0.25) is 0 Å². The van der Waals surface area contributed by atoms with Crippen molar-refractivity contribution in [2.45, 2.75) is 18.9 Å². The SMILES string of the molecule is NC(=O)Nc1sc(-c2ccccc2)nc1C(=O)N[C@H]1CCCNC1. The molecule has 1 aromatic carbocycles. The highest BCUT2D eigenvalue weighted by molar-refractivity contribution is 7.19. The summed E-state index contributed by atoms with van der Waals surface area (Å²) in [6.07, 6.45) is 1.94. The van der Waals surface area contributed by atoms with Crippen molar-refractivity contribution in [3.05, 3.63) is 36.0 Å². The van der Waals surface area contributed by atoms with Crippen molar-refractivity contribution >= 4 is 28.3 Å². The van der Waals surface area contributed by atoms with Gasteiger partial charge in [0.1, 0.15) is 10.0 Å². The van der Waals surface area contributed by atoms with Crippen molar-refractivity contribution < 1.29 is 9.59 Å². The summed E-state index contributed by atoms with van der Waals surface area (Å²) in [5, 5.41) is 9.73. The van der Waals surface area contributed by atoms with E-state index in [-0.39, 0.29) is 17.6 Å². The summed E-state index contributed by atoms with van der Waals surface area (Å²) in [5.74, 6) is -0.300. The Morgan fingerprint density at radius 3 is 2.75 bits per heavy atom. The lowest BCUT2D eigenvalue weighted by Gasteiger charge is -2.23. The third-order valence-corrected chi connectivity index (χ3v) is 4.75. The number of nitrogens with two attached hydrogens (primary N) is 1. The van der Waals surface area contributed by atoms with Crippen LogP contribution in [0.25, 0.3) is 10.6 Å². The number of benzene rings is 1. The van der Waals surface area contributed by atoms with E-state index < -0.39 is 6.03 Å². The van der Waals surface area contributed by atoms with Gasteiger partial charge in [0.15, 0.2) is 5.69 Å². The molecule has 0 bridgehead atoms. The number of rotatable bonds is 4. The number of hydrogen-bond acceptors (Lipinski definition) is 5. The highest BCUT2D eigenvalue weighted by atomic mass is 32.1. The molecular formula is C16H19N5O2S. The molecule has 0 saturated carbocycles. The molecule has 2 aromatic rings. The zero-order valence-corrected chi connectivity index (χ0v) is 13.9. The molecule has 0 spiro atoms. The van der Waals surface area contributed by atoms with Crippen LogP contribution in [0.4, 0.5) is 9.80 Å². The number of primary amides is 1. The van der Waals surface area contributed by atoms with E-state index >= 15 is 0 Å². The molecule has 1 aromatic heterocycles. The van der Waals surface area contributed by atoms with Gasteiger partial charge < -0.3 is 16.4 Å². The van der Waals surface area contributed by atoms with Gasteiger partial charge in [-0.2, -0.15) is 0 Å². The summed E-state index contributed by atoms with van der Waals surface area (Å²) < 4.78 is 0. The Labute approximate surface area is 143 Å². The second-order valence-corrected chi connectivity index (χ2v) is 6.57. The molecule has 1 aliphatic heterocycles. The molecule has 24 heavy (non-hydrogen) atoms. The van der Waals surface area contributed by atoms with Crippen molar-refractivity contribution in [3.63, 3.8) is 0 Å². The molecule has 5 N–H and O–H groups in total. The first-order valence-electron chi connectivity index (χ1n) is 7.78. The highest BCUT2D eigenvalue weighted by Crippen LogP contribution is 2.32. The minimum atomic E-state index is -0.716. The van der Waals surface area contributed by atoms with Gasteiger partial charge in [0.05, 0.1) is 0 Å². The number of aromatic nitrogens is 1. The van der Waals surface area contributed by atoms with Crippen LogP contribution >= 0.6 is 11.3 Å². The second-order valence-electron chi connectivity index (χ2n) is 5.57. The van der Waals surface area contributed by atoms with Crippen LogP contribution in [0, 0.1) is 0 Å². The third kappa shape index (κ3) is 3.90. The Hall–Kier alpha value is -2.45. The minimum absolute atomic E-state index is 0.0644. The molecule has 3 amide bonds. The summed E-state index contributed by atoms with van der Waals surface area (Å²) >= 11 is 1.23. The predicted octanol–water partition coefficient (Wildman–Crippen LogP) is 1.78. The Kier molecular flexibility index (Phi) is 5.07. The lowest BCUT2D eigenvalue weighted by atomic mass is 10.1. The van der Waals surface area contributed by atoms with Gasteiger partial charge in [-0.25, -0.2) is 9.78 Å². The normalized spacial score (nSPS) is 17.2. The molecule has 0 aliphatic carbocycles. The van der Waals surface area contributed by atoms with E-state index in [4.69, 9.17) is 5.73 Å². The number of nitrogens with one attached hydrogen (secondary N) is 3. The first-order chi connectivity index (χ1) is 11.6. The number of carbonyl (C=O) groups is 2. The second kappa shape index (κ2) is 7.41. The van der Waals surface area contributed by atoms with Crippen LogP contribution in [0.5, 0.6) is 0 Å². The van der Waals surface area contributed by atoms with Crippen LogP contribution in [-0.4, -0.2) is 36.1 Å². The van der Waals surface area contributed by atoms with Crippen LogP contribution in [-0.2, 0) is 0 Å². The molecule has 8 heteroatoms. The molecule has 0 radical (unpaired) electrons. The van der Waals surface area contributed by atoms with Crippen LogP contribution in [0.2, 0.25) is 0 Å². The Morgan fingerprint density at radius 2 is 2.08 bits per heavy atom. The van der Waals surface area contributed by atoms with E-state index in [9.17, 15) is 9.59 Å². The number of urea groups is 1. The van der Waals surface area contributed by atoms with Crippen molar-refractivity contribution in [2.75, 3.05) is 18.4 Å². The monoisotopic (exact) mass is 345 g/mol. The van der Waals surface area contributed by atoms with E-state index in [0.29, 0.717) is 10.0 Å². The van der Waals surface area contributed by atoms with Crippen LogP contribution in [0.3, 0.4) is 0 Å². The minimum Gasteiger partial charge on any atom is -0.351 e. The lowest BCUT2D eigenvalue weighted by molar-refractivity contribution is 0.0927. The van der Waals surface area contributed by atoms with E-state index in [1.807, 2.05) is 30.3 Å². The highest BCUT2D eigenvalue weighted by Gasteiger charge is 2.23. The maximum Gasteiger partial charge on any atom is 0.317 e. The summed E-state index contributed by atoms with van der Waals surface area (Å²) in [6, 6.07) is 8.85. The topological polar surface area (TPSA) is 109 Å². The zero-order chi connectivity index (χ0) is 16.9. The summed E-state index contributed by atoms with van der Waals surface area (Å²) in [6.45, 7) is 1.70. The Morgan fingerprint density at radius 1 is 1.29 bits per heavy atom. The van der Waals surface area contributed by atoms with Gasteiger partial charge in [0.25, 0.3) is 5.91 Å². The quantitative estimate of drug-likeness (QED) is 0.677. The first kappa shape index (κ1) is 16.4. The lowest BCUT2D eigenvalue weighted by Crippen LogP contribution is -2.45. The summed E-state index contributed by atoms with van der Waals surface area (Å²) in [7, 11) is 0. The van der Waals surface area contributed by atoms with E-state index in [2.05, 4.69) is 20.9 Å². The number of amides is 3. The predicted molar refractivity (Wildman–Crippen MR) is 94.1 cm³/mol. The maximum absolute atomic E-state index is 12.6. The van der Waals surface area contributed by atoms with Crippen LogP contribution < -0.4 is 21.7 Å². The van der Waals surface area contributed by atoms with Crippen molar-refractivity contribution in [3.8, 4) is 10.6 Å². The molecule has 2 heterocycles. The number of anilines is 1. The van der Waals surface area contributed by atoms with Crippen molar-refractivity contribution in [2.24, 2.45) is 5.73 Å². The third-order valence-electron chi connectivity index (χ3n) is 3.73. The van der Waals surface area contributed by atoms with Gasteiger partial charge in [-0.1, -0.05) is 41.7 Å². The van der Waals surface area contributed by atoms with E-state index in [1.165, 1.54) is 11.3 Å². The molecule has 1 fully saturated rings. The average Bonchev–Trinajstić information content (AvgIpc) is 3.00. The number of carbonyl (C=O) groups excluding carboxylic acids is 2. The van der Waals surface area contributed by atoms with Gasteiger partial charge in [-0.05, 0) is 19.4 Å². The number of piperidine rings is 1. The Balaban J connectivity index is 1.85. The molecule has 1 saturated heterocycles. The Bertz CT molecular complexity index is 725. The standard InChI is InChI=1S/C16H19N5O2S/c17-16(23)21-15-12(13(22)19-11-7-4-8-18-9-11)20-14(24-15)10-5-2-1-3-6-10/h1-3,5-6,11,18H,4,7-9H2,(H,19,22)(H3,17,21,23)/t11-/m0/s1. The van der Waals surface area contributed by atoms with Gasteiger partial charge in [-0.3, -0.25) is 10.1 Å². The fraction of sp³-hybridized carbons (Fsp3) is 0.312. The molecule has 1 atom stereocenters. The van der Waals surface area contributed by atoms with Crippen LogP contribution in [0.15, 0.2) is 30.3 Å². The number of nitrogens with zero attached hydrogens (tertiary/aromatic N) is 1. The molecule has 7 nitrogen and oxygen atoms in total. The van der Waals surface area contributed by atoms with Gasteiger partial charge >= 0.3 is 6.03 Å². The van der Waals surface area contributed by atoms with E-state index in [1.54, 1.807) is 0 Å². The number of thiazole rings is 1. The van der Waals surface area contributed by atoms with Gasteiger partial charge in [-0.15, -0.1) is 0 Å².